The van der Waals surface area contributed by atoms with Gasteiger partial charge in [-0.3, -0.25) is 34.4 Å². The molecule has 0 spiro atoms. The lowest BCUT2D eigenvalue weighted by molar-refractivity contribution is -0.136. The summed E-state index contributed by atoms with van der Waals surface area (Å²) in [5.41, 5.74) is 5.69. The second-order valence-corrected chi connectivity index (χ2v) is 15.3. The van der Waals surface area contributed by atoms with Crippen LogP contribution in [0.15, 0.2) is 91.5 Å². The van der Waals surface area contributed by atoms with Crippen molar-refractivity contribution >= 4 is 51.1 Å². The van der Waals surface area contributed by atoms with Crippen molar-refractivity contribution in [3.8, 4) is 28.6 Å². The fraction of sp³-hybridized carbons (Fsp3) is 0.295. The summed E-state index contributed by atoms with van der Waals surface area (Å²) in [6, 6.07) is 20.1. The second kappa shape index (κ2) is 14.8. The summed E-state index contributed by atoms with van der Waals surface area (Å²) in [7, 11) is 2.08. The van der Waals surface area contributed by atoms with Crippen molar-refractivity contribution in [2.24, 2.45) is 7.05 Å². The number of piperidine rings is 1. The smallest absolute Gasteiger partial charge is 0.262 e. The lowest BCUT2D eigenvalue weighted by atomic mass is 9.92. The minimum absolute atomic E-state index is 0.0561. The molecule has 6 aromatic rings. The molecule has 1 atom stereocenters. The first kappa shape index (κ1) is 36.5. The number of aromatic nitrogens is 4. The van der Waals surface area contributed by atoms with Gasteiger partial charge < -0.3 is 28.4 Å². The quantitative estimate of drug-likeness (QED) is 0.132. The molecule has 4 aliphatic rings. The summed E-state index contributed by atoms with van der Waals surface area (Å²) >= 11 is 0. The van der Waals surface area contributed by atoms with Gasteiger partial charge in [0.25, 0.3) is 11.8 Å². The summed E-state index contributed by atoms with van der Waals surface area (Å²) in [6.45, 7) is 1.95. The van der Waals surface area contributed by atoms with Gasteiger partial charge in [0.2, 0.25) is 23.6 Å². The molecule has 298 valence electrons. The fourth-order valence-corrected chi connectivity index (χ4v) is 8.22. The second-order valence-electron chi connectivity index (χ2n) is 15.3. The number of hydrogen-bond acceptors (Lipinski definition) is 12. The number of imide groups is 2. The Morgan fingerprint density at radius 3 is 2.29 bits per heavy atom. The Kier molecular flexibility index (Phi) is 9.16. The van der Waals surface area contributed by atoms with Crippen LogP contribution in [-0.2, 0) is 21.4 Å². The standard InChI is InChI=1S/C44H39N7O8/c1-49-36-12-13-45-22-35(36)32-6-2-25(16-38(32)49)26-3-10-40(46-20-26)58-30-18-29(19-30)57-15-14-56-28-5-11-41(47-21-28)59-31-23-50(24-31)27-4-7-33-34(17-27)44(55)51(43(33)54)37-8-9-39(52)48-42(37)53/h2-7,10-13,16-17,20-22,29-31,37H,8-9,14-15,18-19,23-24H2,1H3,(H,48,52,53). The van der Waals surface area contributed by atoms with E-state index in [1.54, 1.807) is 36.5 Å². The van der Waals surface area contributed by atoms with Crippen LogP contribution in [0.1, 0.15) is 46.4 Å². The highest BCUT2D eigenvalue weighted by molar-refractivity contribution is 6.23. The van der Waals surface area contributed by atoms with E-state index < -0.39 is 29.7 Å². The van der Waals surface area contributed by atoms with Gasteiger partial charge in [0.15, 0.2) is 0 Å². The molecule has 15 nitrogen and oxygen atoms in total. The molecule has 4 aromatic heterocycles. The van der Waals surface area contributed by atoms with Crippen LogP contribution in [0.4, 0.5) is 5.69 Å². The topological polar surface area (TPSA) is 167 Å². The number of hydrogen-bond donors (Lipinski definition) is 1. The van der Waals surface area contributed by atoms with Crippen LogP contribution in [0.2, 0.25) is 0 Å². The molecule has 0 bridgehead atoms. The average Bonchev–Trinajstić information content (AvgIpc) is 3.64. The Morgan fingerprint density at radius 1 is 0.729 bits per heavy atom. The van der Waals surface area contributed by atoms with Gasteiger partial charge in [0.1, 0.15) is 30.6 Å². The normalized spacial score (nSPS) is 20.4. The molecular weight excluding hydrogens is 755 g/mol. The molecule has 2 saturated heterocycles. The summed E-state index contributed by atoms with van der Waals surface area (Å²) in [5, 5.41) is 4.54. The highest BCUT2D eigenvalue weighted by Crippen LogP contribution is 2.34. The Labute approximate surface area is 337 Å². The van der Waals surface area contributed by atoms with Crippen LogP contribution in [0.25, 0.3) is 32.9 Å². The highest BCUT2D eigenvalue weighted by Gasteiger charge is 2.45. The van der Waals surface area contributed by atoms with Gasteiger partial charge in [0, 0.05) is 84.6 Å². The lowest BCUT2D eigenvalue weighted by Gasteiger charge is -2.40. The number of anilines is 1. The average molecular weight is 794 g/mol. The Bertz CT molecular complexity index is 2630. The summed E-state index contributed by atoms with van der Waals surface area (Å²) in [4.78, 5) is 66.4. The van der Waals surface area contributed by atoms with E-state index >= 15 is 0 Å². The number of pyridine rings is 3. The van der Waals surface area contributed by atoms with Crippen molar-refractivity contribution in [3.05, 3.63) is 103 Å². The molecule has 7 heterocycles. The predicted molar refractivity (Wildman–Crippen MR) is 214 cm³/mol. The zero-order chi connectivity index (χ0) is 40.2. The largest absolute Gasteiger partial charge is 0.490 e. The number of aryl methyl sites for hydroxylation is 1. The number of nitrogens with zero attached hydrogens (tertiary/aromatic N) is 6. The molecular formula is C44H39N7O8. The van der Waals surface area contributed by atoms with Crippen molar-refractivity contribution < 1.29 is 38.1 Å². The third kappa shape index (κ3) is 6.86. The molecule has 1 unspecified atom stereocenters. The maximum atomic E-state index is 13.2. The zero-order valence-electron chi connectivity index (χ0n) is 32.1. The van der Waals surface area contributed by atoms with E-state index in [4.69, 9.17) is 18.9 Å². The minimum atomic E-state index is -0.997. The third-order valence-corrected chi connectivity index (χ3v) is 11.6. The number of carbonyl (C=O) groups excluding carboxylic acids is 4. The van der Waals surface area contributed by atoms with E-state index in [0.717, 1.165) is 51.0 Å². The van der Waals surface area contributed by atoms with Crippen molar-refractivity contribution in [3.63, 3.8) is 0 Å². The third-order valence-electron chi connectivity index (χ3n) is 11.6. The summed E-state index contributed by atoms with van der Waals surface area (Å²) in [5.74, 6) is -0.416. The molecule has 2 aromatic carbocycles. The molecule has 1 aliphatic carbocycles. The van der Waals surface area contributed by atoms with Gasteiger partial charge in [0.05, 0.1) is 48.6 Å². The molecule has 1 N–H and O–H groups in total. The maximum absolute atomic E-state index is 13.2. The fourth-order valence-electron chi connectivity index (χ4n) is 8.22. The van der Waals surface area contributed by atoms with E-state index in [1.807, 2.05) is 41.7 Å². The van der Waals surface area contributed by atoms with Gasteiger partial charge >= 0.3 is 0 Å². The summed E-state index contributed by atoms with van der Waals surface area (Å²) in [6.07, 6.45) is 9.02. The number of carbonyl (C=O) groups is 4. The lowest BCUT2D eigenvalue weighted by Crippen LogP contribution is -2.54. The zero-order valence-corrected chi connectivity index (χ0v) is 32.1. The number of nitrogens with one attached hydrogen (secondary N) is 1. The van der Waals surface area contributed by atoms with E-state index in [1.165, 1.54) is 5.39 Å². The number of fused-ring (bicyclic) bond motifs is 4. The van der Waals surface area contributed by atoms with Crippen molar-refractivity contribution in [1.29, 1.82) is 0 Å². The monoisotopic (exact) mass is 793 g/mol. The SMILES string of the molecule is Cn1c2ccncc2c2ccc(-c3ccc(OC4CC(OCCOc5ccc(OC6CN(c7ccc8c(c7)C(=O)N(C7CCC(=O)NC7=O)C8=O)C6)nc5)C4)nc3)cc21. The van der Waals surface area contributed by atoms with Crippen LogP contribution in [-0.4, -0.2) is 98.7 Å². The first-order valence-electron chi connectivity index (χ1n) is 19.7. The van der Waals surface area contributed by atoms with Gasteiger partial charge in [-0.05, 0) is 54.4 Å². The number of benzene rings is 2. The molecule has 3 fully saturated rings. The van der Waals surface area contributed by atoms with Crippen molar-refractivity contribution in [1.82, 2.24) is 29.7 Å². The Balaban J connectivity index is 0.632. The van der Waals surface area contributed by atoms with E-state index in [9.17, 15) is 19.2 Å². The van der Waals surface area contributed by atoms with Crippen LogP contribution in [0.3, 0.4) is 0 Å². The Morgan fingerprint density at radius 2 is 1.51 bits per heavy atom. The molecule has 1 saturated carbocycles. The van der Waals surface area contributed by atoms with Crippen molar-refractivity contribution in [2.75, 3.05) is 31.2 Å². The Hall–Kier alpha value is -6.87. The van der Waals surface area contributed by atoms with Gasteiger partial charge in [-0.15, -0.1) is 0 Å². The van der Waals surface area contributed by atoms with E-state index in [2.05, 4.69) is 50.1 Å². The molecule has 4 amide bonds. The van der Waals surface area contributed by atoms with Crippen molar-refractivity contribution in [2.45, 2.75) is 50.0 Å². The van der Waals surface area contributed by atoms with Crippen LogP contribution >= 0.6 is 0 Å². The number of amides is 4. The minimum Gasteiger partial charge on any atom is -0.490 e. The highest BCUT2D eigenvalue weighted by atomic mass is 16.5. The molecule has 59 heavy (non-hydrogen) atoms. The molecule has 3 aliphatic heterocycles. The maximum Gasteiger partial charge on any atom is 0.262 e. The van der Waals surface area contributed by atoms with E-state index in [-0.39, 0.29) is 42.3 Å². The van der Waals surface area contributed by atoms with Gasteiger partial charge in [-0.25, -0.2) is 9.97 Å². The van der Waals surface area contributed by atoms with Gasteiger partial charge in [-0.2, -0.15) is 0 Å². The first-order chi connectivity index (χ1) is 28.8. The van der Waals surface area contributed by atoms with E-state index in [0.29, 0.717) is 43.8 Å². The van der Waals surface area contributed by atoms with Crippen LogP contribution < -0.4 is 24.4 Å². The molecule has 10 rings (SSSR count). The summed E-state index contributed by atoms with van der Waals surface area (Å²) < 4.78 is 26.2. The predicted octanol–water partition coefficient (Wildman–Crippen LogP) is 4.86. The van der Waals surface area contributed by atoms with Crippen LogP contribution in [0.5, 0.6) is 17.5 Å². The molecule has 15 heteroatoms. The first-order valence-corrected chi connectivity index (χ1v) is 19.7. The van der Waals surface area contributed by atoms with Crippen LogP contribution in [0, 0.1) is 0 Å². The number of rotatable bonds is 12. The van der Waals surface area contributed by atoms with Gasteiger partial charge in [-0.1, -0.05) is 12.1 Å². The molecule has 0 radical (unpaired) electrons. The number of ether oxygens (including phenoxy) is 4.